The zero-order valence-corrected chi connectivity index (χ0v) is 11.8. The lowest BCUT2D eigenvalue weighted by atomic mass is 10.0. The van der Waals surface area contributed by atoms with Crippen LogP contribution in [0.15, 0.2) is 16.7 Å². The molecule has 2 N–H and O–H groups in total. The Hall–Kier alpha value is -1.88. The van der Waals surface area contributed by atoms with Gasteiger partial charge in [0.1, 0.15) is 5.75 Å². The van der Waals surface area contributed by atoms with Crippen LogP contribution >= 0.6 is 0 Å². The quantitative estimate of drug-likeness (QED) is 0.906. The first kappa shape index (κ1) is 13.1. The predicted molar refractivity (Wildman–Crippen MR) is 75.3 cm³/mol. The molecule has 0 bridgehead atoms. The Morgan fingerprint density at radius 2 is 2.15 bits per heavy atom. The molecule has 1 aliphatic carbocycles. The number of rotatable bonds is 5. The number of hydrogen-bond donors (Lipinski definition) is 1. The molecule has 0 saturated heterocycles. The van der Waals surface area contributed by atoms with Crippen molar-refractivity contribution in [3.8, 4) is 17.1 Å². The van der Waals surface area contributed by atoms with Gasteiger partial charge in [-0.3, -0.25) is 0 Å². The van der Waals surface area contributed by atoms with Crippen molar-refractivity contribution in [2.75, 3.05) is 6.61 Å². The molecule has 0 unspecified atom stereocenters. The summed E-state index contributed by atoms with van der Waals surface area (Å²) in [6, 6.07) is 4.03. The molecule has 0 aliphatic heterocycles. The molecule has 20 heavy (non-hydrogen) atoms. The van der Waals surface area contributed by atoms with Crippen molar-refractivity contribution in [2.45, 2.75) is 33.2 Å². The van der Waals surface area contributed by atoms with Crippen molar-refractivity contribution in [1.29, 1.82) is 0 Å². The van der Waals surface area contributed by atoms with Crippen molar-refractivity contribution in [3.05, 3.63) is 29.2 Å². The average Bonchev–Trinajstić information content (AvgIpc) is 3.16. The highest BCUT2D eigenvalue weighted by Crippen LogP contribution is 2.36. The van der Waals surface area contributed by atoms with Gasteiger partial charge in [0, 0.05) is 0 Å². The van der Waals surface area contributed by atoms with Crippen LogP contribution in [0.5, 0.6) is 5.75 Å². The second-order valence-corrected chi connectivity index (χ2v) is 5.35. The maximum atomic E-state index is 6.02. The van der Waals surface area contributed by atoms with E-state index in [1.807, 2.05) is 12.1 Å². The number of nitrogens with two attached hydrogens (primary N) is 1. The van der Waals surface area contributed by atoms with E-state index in [1.54, 1.807) is 0 Å². The van der Waals surface area contributed by atoms with Crippen LogP contribution in [-0.2, 0) is 6.54 Å². The van der Waals surface area contributed by atoms with Gasteiger partial charge in [0.25, 0.3) is 0 Å². The van der Waals surface area contributed by atoms with Gasteiger partial charge in [0.15, 0.2) is 0 Å². The summed E-state index contributed by atoms with van der Waals surface area (Å²) in [6.07, 6.45) is 2.53. The Morgan fingerprint density at radius 3 is 2.80 bits per heavy atom. The van der Waals surface area contributed by atoms with Gasteiger partial charge in [-0.05, 0) is 49.8 Å². The summed E-state index contributed by atoms with van der Waals surface area (Å²) in [5.41, 5.74) is 8.71. The molecule has 5 nitrogen and oxygen atoms in total. The minimum Gasteiger partial charge on any atom is -0.492 e. The van der Waals surface area contributed by atoms with Crippen LogP contribution in [0.1, 0.15) is 29.9 Å². The van der Waals surface area contributed by atoms with Gasteiger partial charge in [0.05, 0.1) is 18.7 Å². The molecule has 1 heterocycles. The van der Waals surface area contributed by atoms with Crippen molar-refractivity contribution in [1.82, 2.24) is 10.1 Å². The Morgan fingerprint density at radius 1 is 1.35 bits per heavy atom. The molecule has 0 radical (unpaired) electrons. The third kappa shape index (κ3) is 2.54. The fourth-order valence-electron chi connectivity index (χ4n) is 2.09. The van der Waals surface area contributed by atoms with Gasteiger partial charge in [-0.25, -0.2) is 0 Å². The fraction of sp³-hybridized carbons (Fsp3) is 0.467. The second-order valence-electron chi connectivity index (χ2n) is 5.35. The van der Waals surface area contributed by atoms with E-state index >= 15 is 0 Å². The van der Waals surface area contributed by atoms with Gasteiger partial charge >= 0.3 is 0 Å². The fourth-order valence-corrected chi connectivity index (χ4v) is 2.09. The maximum Gasteiger partial charge on any atom is 0.240 e. The summed E-state index contributed by atoms with van der Waals surface area (Å²) < 4.78 is 11.1. The zero-order chi connectivity index (χ0) is 14.1. The van der Waals surface area contributed by atoms with Crippen LogP contribution in [0.25, 0.3) is 11.4 Å². The van der Waals surface area contributed by atoms with E-state index in [4.69, 9.17) is 15.0 Å². The Labute approximate surface area is 118 Å². The smallest absolute Gasteiger partial charge is 0.240 e. The molecule has 0 atom stereocenters. The highest BCUT2D eigenvalue weighted by molar-refractivity contribution is 5.67. The Balaban J connectivity index is 1.96. The lowest BCUT2D eigenvalue weighted by Crippen LogP contribution is -2.03. The topological polar surface area (TPSA) is 74.2 Å². The van der Waals surface area contributed by atoms with Crippen LogP contribution in [0.3, 0.4) is 0 Å². The molecule has 2 aromatic rings. The van der Waals surface area contributed by atoms with E-state index in [9.17, 15) is 0 Å². The monoisotopic (exact) mass is 273 g/mol. The molecule has 5 heteroatoms. The first-order valence-corrected chi connectivity index (χ1v) is 6.95. The largest absolute Gasteiger partial charge is 0.492 e. The van der Waals surface area contributed by atoms with Gasteiger partial charge in [-0.2, -0.15) is 4.98 Å². The summed E-state index contributed by atoms with van der Waals surface area (Å²) in [4.78, 5) is 4.29. The molecular formula is C15H19N3O2. The van der Waals surface area contributed by atoms with Crippen LogP contribution in [-0.4, -0.2) is 16.7 Å². The van der Waals surface area contributed by atoms with Crippen molar-refractivity contribution in [2.24, 2.45) is 11.7 Å². The summed E-state index contributed by atoms with van der Waals surface area (Å²) in [5, 5.41) is 3.99. The van der Waals surface area contributed by atoms with Crippen LogP contribution in [0.4, 0.5) is 0 Å². The van der Waals surface area contributed by atoms with Crippen LogP contribution in [0.2, 0.25) is 0 Å². The van der Waals surface area contributed by atoms with E-state index < -0.39 is 0 Å². The van der Waals surface area contributed by atoms with Gasteiger partial charge in [-0.15, -0.1) is 0 Å². The van der Waals surface area contributed by atoms with Gasteiger partial charge in [-0.1, -0.05) is 11.2 Å². The summed E-state index contributed by atoms with van der Waals surface area (Å²) in [5.74, 6) is 2.54. The molecule has 1 aromatic heterocycles. The third-order valence-corrected chi connectivity index (χ3v) is 3.72. The number of aromatic nitrogens is 2. The number of ether oxygens (including phenoxy) is 1. The first-order valence-electron chi connectivity index (χ1n) is 6.95. The maximum absolute atomic E-state index is 6.02. The lowest BCUT2D eigenvalue weighted by Gasteiger charge is -2.14. The Kier molecular flexibility index (Phi) is 3.44. The van der Waals surface area contributed by atoms with E-state index in [1.165, 1.54) is 18.4 Å². The molecule has 1 aromatic carbocycles. The van der Waals surface area contributed by atoms with Crippen molar-refractivity contribution < 1.29 is 9.26 Å². The van der Waals surface area contributed by atoms with Crippen molar-refractivity contribution in [3.63, 3.8) is 0 Å². The van der Waals surface area contributed by atoms with Crippen molar-refractivity contribution >= 4 is 0 Å². The summed E-state index contributed by atoms with van der Waals surface area (Å²) in [7, 11) is 0. The van der Waals surface area contributed by atoms with E-state index in [2.05, 4.69) is 24.0 Å². The number of hydrogen-bond acceptors (Lipinski definition) is 5. The number of benzene rings is 1. The van der Waals surface area contributed by atoms with E-state index in [-0.39, 0.29) is 6.54 Å². The number of nitrogens with zero attached hydrogens (tertiary/aromatic N) is 2. The molecule has 1 aliphatic rings. The molecule has 106 valence electrons. The molecule has 3 rings (SSSR count). The predicted octanol–water partition coefficient (Wildman–Crippen LogP) is 2.60. The normalized spacial score (nSPS) is 14.6. The zero-order valence-electron chi connectivity index (χ0n) is 11.8. The van der Waals surface area contributed by atoms with Crippen LogP contribution in [0, 0.1) is 19.8 Å². The van der Waals surface area contributed by atoms with Crippen LogP contribution < -0.4 is 10.5 Å². The van der Waals surface area contributed by atoms with E-state index in [0.717, 1.165) is 23.5 Å². The molecule has 1 fully saturated rings. The highest BCUT2D eigenvalue weighted by Gasteiger charge is 2.24. The summed E-state index contributed by atoms with van der Waals surface area (Å²) >= 11 is 0. The average molecular weight is 273 g/mol. The number of aryl methyl sites for hydroxylation is 1. The third-order valence-electron chi connectivity index (χ3n) is 3.72. The van der Waals surface area contributed by atoms with Gasteiger partial charge in [0.2, 0.25) is 11.7 Å². The summed E-state index contributed by atoms with van der Waals surface area (Å²) in [6.45, 7) is 5.14. The minimum absolute atomic E-state index is 0.246. The lowest BCUT2D eigenvalue weighted by molar-refractivity contribution is 0.298. The minimum atomic E-state index is 0.246. The molecular weight excluding hydrogens is 254 g/mol. The molecule has 0 amide bonds. The van der Waals surface area contributed by atoms with E-state index in [0.29, 0.717) is 17.6 Å². The standard InChI is InChI=1S/C15H19N3O2/c1-9-3-6-12(15-17-13(7-16)20-18-15)14(10(9)2)19-8-11-4-5-11/h3,6,11H,4-5,7-8,16H2,1-2H3. The molecule has 0 spiro atoms. The van der Waals surface area contributed by atoms with Gasteiger partial charge < -0.3 is 15.0 Å². The first-order chi connectivity index (χ1) is 9.69. The Bertz CT molecular complexity index is 618. The highest BCUT2D eigenvalue weighted by atomic mass is 16.5. The second kappa shape index (κ2) is 5.25. The SMILES string of the molecule is Cc1ccc(-c2noc(CN)n2)c(OCC2CC2)c1C. The molecule has 1 saturated carbocycles.